The zero-order valence-electron chi connectivity index (χ0n) is 12.6. The largest absolute Gasteiger partial charge is 0.465 e. The van der Waals surface area contributed by atoms with Crippen LogP contribution >= 0.6 is 0 Å². The summed E-state index contributed by atoms with van der Waals surface area (Å²) in [6, 6.07) is -0.0120. The van der Waals surface area contributed by atoms with Gasteiger partial charge in [0.25, 0.3) is 0 Å². The van der Waals surface area contributed by atoms with E-state index >= 15 is 0 Å². The Balaban J connectivity index is 2.62. The maximum absolute atomic E-state index is 11.9. The van der Waals surface area contributed by atoms with E-state index in [4.69, 9.17) is 4.74 Å². The van der Waals surface area contributed by atoms with Gasteiger partial charge in [0, 0.05) is 18.3 Å². The maximum atomic E-state index is 11.9. The first-order valence-corrected chi connectivity index (χ1v) is 6.86. The SMILES string of the molecule is CCOC(=O)C(CCn1cnc(C)c1C)NC(C)C. The van der Waals surface area contributed by atoms with Crippen LogP contribution in [0.5, 0.6) is 0 Å². The van der Waals surface area contributed by atoms with Crippen molar-refractivity contribution in [1.82, 2.24) is 14.9 Å². The molecule has 1 N–H and O–H groups in total. The smallest absolute Gasteiger partial charge is 0.323 e. The molecule has 5 nitrogen and oxygen atoms in total. The third-order valence-electron chi connectivity index (χ3n) is 3.11. The molecule has 0 fully saturated rings. The lowest BCUT2D eigenvalue weighted by molar-refractivity contribution is -0.146. The van der Waals surface area contributed by atoms with Crippen molar-refractivity contribution in [3.05, 3.63) is 17.7 Å². The van der Waals surface area contributed by atoms with Crippen LogP contribution in [0.15, 0.2) is 6.33 Å². The third kappa shape index (κ3) is 4.67. The van der Waals surface area contributed by atoms with Crippen molar-refractivity contribution in [3.8, 4) is 0 Å². The van der Waals surface area contributed by atoms with E-state index in [0.29, 0.717) is 13.0 Å². The highest BCUT2D eigenvalue weighted by atomic mass is 16.5. The summed E-state index contributed by atoms with van der Waals surface area (Å²) in [6.07, 6.45) is 2.52. The van der Waals surface area contributed by atoms with E-state index in [1.165, 1.54) is 0 Å². The summed E-state index contributed by atoms with van der Waals surface area (Å²) in [7, 11) is 0. The fourth-order valence-electron chi connectivity index (χ4n) is 1.95. The fourth-order valence-corrected chi connectivity index (χ4v) is 1.95. The molecule has 1 atom stereocenters. The molecule has 19 heavy (non-hydrogen) atoms. The Hall–Kier alpha value is -1.36. The van der Waals surface area contributed by atoms with E-state index in [1.807, 2.05) is 40.9 Å². The van der Waals surface area contributed by atoms with Gasteiger partial charge < -0.3 is 14.6 Å². The van der Waals surface area contributed by atoms with Gasteiger partial charge in [-0.15, -0.1) is 0 Å². The molecule has 0 aliphatic rings. The van der Waals surface area contributed by atoms with Gasteiger partial charge in [0.2, 0.25) is 0 Å². The van der Waals surface area contributed by atoms with Crippen molar-refractivity contribution in [2.24, 2.45) is 0 Å². The fraction of sp³-hybridized carbons (Fsp3) is 0.714. The molecule has 1 aromatic rings. The van der Waals surface area contributed by atoms with Gasteiger partial charge in [-0.25, -0.2) is 4.98 Å². The number of hydrogen-bond donors (Lipinski definition) is 1. The van der Waals surface area contributed by atoms with Crippen LogP contribution in [0, 0.1) is 13.8 Å². The number of rotatable bonds is 7. The maximum Gasteiger partial charge on any atom is 0.323 e. The summed E-state index contributed by atoms with van der Waals surface area (Å²) < 4.78 is 7.18. The van der Waals surface area contributed by atoms with Crippen LogP contribution in [0.3, 0.4) is 0 Å². The second kappa shape index (κ2) is 7.28. The molecule has 0 bridgehead atoms. The van der Waals surface area contributed by atoms with Crippen molar-refractivity contribution in [1.29, 1.82) is 0 Å². The van der Waals surface area contributed by atoms with Crippen LogP contribution in [0.2, 0.25) is 0 Å². The molecule has 0 saturated carbocycles. The Morgan fingerprint density at radius 1 is 1.47 bits per heavy atom. The molecule has 1 rings (SSSR count). The number of imidazole rings is 1. The zero-order chi connectivity index (χ0) is 14.4. The minimum absolute atomic E-state index is 0.175. The average Bonchev–Trinajstić information content (AvgIpc) is 2.65. The summed E-state index contributed by atoms with van der Waals surface area (Å²) in [5, 5.41) is 3.25. The van der Waals surface area contributed by atoms with Crippen molar-refractivity contribution >= 4 is 5.97 Å². The number of nitrogens with zero attached hydrogens (tertiary/aromatic N) is 2. The Bertz CT molecular complexity index is 413. The molecular weight excluding hydrogens is 242 g/mol. The van der Waals surface area contributed by atoms with Crippen LogP contribution in [-0.4, -0.2) is 34.2 Å². The van der Waals surface area contributed by atoms with Crippen LogP contribution in [0.1, 0.15) is 38.6 Å². The molecule has 1 aromatic heterocycles. The normalized spacial score (nSPS) is 12.7. The lowest BCUT2D eigenvalue weighted by atomic mass is 10.2. The van der Waals surface area contributed by atoms with Gasteiger partial charge in [0.1, 0.15) is 6.04 Å². The van der Waals surface area contributed by atoms with Crippen molar-refractivity contribution in [2.45, 2.75) is 59.7 Å². The van der Waals surface area contributed by atoms with Gasteiger partial charge >= 0.3 is 5.97 Å². The lowest BCUT2D eigenvalue weighted by Crippen LogP contribution is -2.42. The van der Waals surface area contributed by atoms with Gasteiger partial charge in [-0.3, -0.25) is 4.79 Å². The summed E-state index contributed by atoms with van der Waals surface area (Å²) in [4.78, 5) is 16.1. The summed E-state index contributed by atoms with van der Waals surface area (Å²) in [6.45, 7) is 11.1. The second-order valence-corrected chi connectivity index (χ2v) is 5.02. The predicted octanol–water partition coefficient (Wildman–Crippen LogP) is 1.82. The molecule has 0 saturated heterocycles. The van der Waals surface area contributed by atoms with E-state index in [-0.39, 0.29) is 18.1 Å². The molecule has 108 valence electrons. The van der Waals surface area contributed by atoms with Gasteiger partial charge in [-0.05, 0) is 27.2 Å². The van der Waals surface area contributed by atoms with Crippen LogP contribution in [-0.2, 0) is 16.1 Å². The van der Waals surface area contributed by atoms with Gasteiger partial charge in [-0.1, -0.05) is 13.8 Å². The Morgan fingerprint density at radius 2 is 2.16 bits per heavy atom. The highest BCUT2D eigenvalue weighted by molar-refractivity contribution is 5.75. The van der Waals surface area contributed by atoms with Crippen molar-refractivity contribution in [2.75, 3.05) is 6.61 Å². The van der Waals surface area contributed by atoms with Gasteiger partial charge in [0.05, 0.1) is 18.6 Å². The van der Waals surface area contributed by atoms with E-state index in [2.05, 4.69) is 14.9 Å². The number of esters is 1. The molecule has 0 spiro atoms. The summed E-state index contributed by atoms with van der Waals surface area (Å²) in [5.41, 5.74) is 2.18. The Morgan fingerprint density at radius 3 is 2.63 bits per heavy atom. The van der Waals surface area contributed by atoms with E-state index < -0.39 is 0 Å². The van der Waals surface area contributed by atoms with E-state index in [1.54, 1.807) is 0 Å². The average molecular weight is 267 g/mol. The number of aryl methyl sites for hydroxylation is 2. The Kier molecular flexibility index (Phi) is 6.02. The van der Waals surface area contributed by atoms with Crippen LogP contribution in [0.25, 0.3) is 0 Å². The molecule has 0 amide bonds. The van der Waals surface area contributed by atoms with E-state index in [9.17, 15) is 4.79 Å². The topological polar surface area (TPSA) is 56.2 Å². The van der Waals surface area contributed by atoms with E-state index in [0.717, 1.165) is 17.9 Å². The summed E-state index contributed by atoms with van der Waals surface area (Å²) >= 11 is 0. The van der Waals surface area contributed by atoms with Crippen molar-refractivity contribution < 1.29 is 9.53 Å². The van der Waals surface area contributed by atoms with Crippen molar-refractivity contribution in [3.63, 3.8) is 0 Å². The number of carbonyl (C=O) groups is 1. The van der Waals surface area contributed by atoms with Crippen LogP contribution in [0.4, 0.5) is 0 Å². The monoisotopic (exact) mass is 267 g/mol. The van der Waals surface area contributed by atoms with Crippen LogP contribution < -0.4 is 5.32 Å². The number of aromatic nitrogens is 2. The molecular formula is C14H25N3O2. The molecule has 0 aromatic carbocycles. The molecule has 0 aliphatic carbocycles. The number of hydrogen-bond acceptors (Lipinski definition) is 4. The Labute approximate surface area is 115 Å². The zero-order valence-corrected chi connectivity index (χ0v) is 12.6. The molecule has 1 heterocycles. The molecule has 0 radical (unpaired) electrons. The standard InChI is InChI=1S/C14H25N3O2/c1-6-19-14(18)13(16-10(2)3)7-8-17-9-15-11(4)12(17)5/h9-10,13,16H,6-8H2,1-5H3. The molecule has 5 heteroatoms. The first kappa shape index (κ1) is 15.7. The number of nitrogens with one attached hydrogen (secondary N) is 1. The lowest BCUT2D eigenvalue weighted by Gasteiger charge is -2.20. The molecule has 0 aliphatic heterocycles. The molecule has 1 unspecified atom stereocenters. The minimum Gasteiger partial charge on any atom is -0.465 e. The quantitative estimate of drug-likeness (QED) is 0.766. The summed E-state index contributed by atoms with van der Waals surface area (Å²) in [5.74, 6) is -0.175. The number of ether oxygens (including phenoxy) is 1. The number of carbonyl (C=O) groups excluding carboxylic acids is 1. The first-order valence-electron chi connectivity index (χ1n) is 6.86. The highest BCUT2D eigenvalue weighted by Gasteiger charge is 2.20. The van der Waals surface area contributed by atoms with Gasteiger partial charge in [0.15, 0.2) is 0 Å². The predicted molar refractivity (Wildman–Crippen MR) is 75.0 cm³/mol. The highest BCUT2D eigenvalue weighted by Crippen LogP contribution is 2.07. The minimum atomic E-state index is -0.262. The third-order valence-corrected chi connectivity index (χ3v) is 3.11. The second-order valence-electron chi connectivity index (χ2n) is 5.02. The van der Waals surface area contributed by atoms with Gasteiger partial charge in [-0.2, -0.15) is 0 Å². The first-order chi connectivity index (χ1) is 8.95.